The topological polar surface area (TPSA) is 104 Å². The summed E-state index contributed by atoms with van der Waals surface area (Å²) in [7, 11) is -3.16. The Labute approximate surface area is 152 Å². The van der Waals surface area contributed by atoms with Gasteiger partial charge in [-0.3, -0.25) is 4.79 Å². The van der Waals surface area contributed by atoms with Crippen molar-refractivity contribution in [1.29, 1.82) is 0 Å². The molecule has 0 radical (unpaired) electrons. The highest BCUT2D eigenvalue weighted by atomic mass is 35.5. The summed E-state index contributed by atoms with van der Waals surface area (Å²) in [5, 5.41) is 6.33. The van der Waals surface area contributed by atoms with Gasteiger partial charge in [0.15, 0.2) is 9.84 Å². The number of sulfone groups is 1. The first-order valence-corrected chi connectivity index (χ1v) is 9.57. The molecule has 1 atom stereocenters. The largest absolute Gasteiger partial charge is 0.417 e. The van der Waals surface area contributed by atoms with Crippen molar-refractivity contribution in [3.05, 3.63) is 28.8 Å². The summed E-state index contributed by atoms with van der Waals surface area (Å²) in [5.74, 6) is -0.941. The van der Waals surface area contributed by atoms with Gasteiger partial charge in [0.05, 0.1) is 28.6 Å². The Bertz CT molecular complexity index is 814. The van der Waals surface area contributed by atoms with Crippen molar-refractivity contribution in [2.45, 2.75) is 18.6 Å². The lowest BCUT2D eigenvalue weighted by Gasteiger charge is -2.13. The fourth-order valence-electron chi connectivity index (χ4n) is 2.33. The van der Waals surface area contributed by atoms with E-state index >= 15 is 0 Å². The van der Waals surface area contributed by atoms with Gasteiger partial charge in [-0.2, -0.15) is 13.2 Å². The van der Waals surface area contributed by atoms with Gasteiger partial charge < -0.3 is 16.0 Å². The lowest BCUT2D eigenvalue weighted by molar-refractivity contribution is -0.137. The Balaban J connectivity index is 1.84. The van der Waals surface area contributed by atoms with Gasteiger partial charge in [0, 0.05) is 11.7 Å². The second-order valence-electron chi connectivity index (χ2n) is 5.67. The highest BCUT2D eigenvalue weighted by molar-refractivity contribution is 7.91. The molecule has 0 aliphatic carbocycles. The van der Waals surface area contributed by atoms with Gasteiger partial charge in [-0.15, -0.1) is 0 Å². The Morgan fingerprint density at radius 1 is 1.27 bits per heavy atom. The number of hydrogen-bond donors (Lipinski definition) is 3. The summed E-state index contributed by atoms with van der Waals surface area (Å²) in [5.41, 5.74) is -1.22. The molecule has 1 heterocycles. The minimum absolute atomic E-state index is 0.0173. The maximum absolute atomic E-state index is 12.8. The molecule has 1 aliphatic heterocycles. The zero-order chi connectivity index (χ0) is 19.5. The summed E-state index contributed by atoms with van der Waals surface area (Å²) in [6.07, 6.45) is -4.38. The van der Waals surface area contributed by atoms with Gasteiger partial charge in [-0.1, -0.05) is 11.6 Å². The van der Waals surface area contributed by atoms with Crippen molar-refractivity contribution in [3.63, 3.8) is 0 Å². The van der Waals surface area contributed by atoms with Crippen LogP contribution in [0.2, 0.25) is 5.02 Å². The van der Waals surface area contributed by atoms with Gasteiger partial charge in [-0.05, 0) is 24.6 Å². The van der Waals surface area contributed by atoms with Gasteiger partial charge in [0.2, 0.25) is 5.91 Å². The number of amides is 3. The van der Waals surface area contributed by atoms with Crippen LogP contribution in [0.4, 0.5) is 23.7 Å². The SMILES string of the molecule is O=C(CNC(=O)NC1CCS(=O)(=O)C1)Nc1ccc(Cl)c(C(F)(F)F)c1. The first-order valence-electron chi connectivity index (χ1n) is 7.38. The molecule has 0 saturated carbocycles. The van der Waals surface area contributed by atoms with Gasteiger partial charge in [-0.25, -0.2) is 13.2 Å². The van der Waals surface area contributed by atoms with E-state index in [1.807, 2.05) is 0 Å². The Kier molecular flexibility index (Phi) is 6.02. The Hall–Kier alpha value is -2.01. The predicted molar refractivity (Wildman–Crippen MR) is 88.7 cm³/mol. The van der Waals surface area contributed by atoms with Crippen molar-refractivity contribution in [3.8, 4) is 0 Å². The minimum Gasteiger partial charge on any atom is -0.334 e. The summed E-state index contributed by atoms with van der Waals surface area (Å²) in [6, 6.07) is 1.60. The molecule has 1 fully saturated rings. The van der Waals surface area contributed by atoms with Crippen LogP contribution in [-0.4, -0.2) is 44.4 Å². The van der Waals surface area contributed by atoms with E-state index in [4.69, 9.17) is 11.6 Å². The molecule has 26 heavy (non-hydrogen) atoms. The number of benzene rings is 1. The van der Waals surface area contributed by atoms with E-state index < -0.39 is 51.1 Å². The Morgan fingerprint density at radius 2 is 1.96 bits per heavy atom. The molecule has 12 heteroatoms. The number of halogens is 4. The van der Waals surface area contributed by atoms with Crippen LogP contribution in [0.25, 0.3) is 0 Å². The first kappa shape index (κ1) is 20.3. The maximum atomic E-state index is 12.8. The van der Waals surface area contributed by atoms with Crippen LogP contribution < -0.4 is 16.0 Å². The number of anilines is 1. The van der Waals surface area contributed by atoms with Crippen molar-refractivity contribution >= 4 is 39.1 Å². The number of carbonyl (C=O) groups excluding carboxylic acids is 2. The molecule has 1 unspecified atom stereocenters. The van der Waals surface area contributed by atoms with Crippen molar-refractivity contribution in [2.24, 2.45) is 0 Å². The number of carbonyl (C=O) groups is 2. The van der Waals surface area contributed by atoms with Crippen LogP contribution in [0.1, 0.15) is 12.0 Å². The molecule has 3 amide bonds. The second kappa shape index (κ2) is 7.70. The van der Waals surface area contributed by atoms with Crippen molar-refractivity contribution < 1.29 is 31.2 Å². The summed E-state index contributed by atoms with van der Waals surface area (Å²) in [6.45, 7) is -0.505. The molecule has 1 saturated heterocycles. The maximum Gasteiger partial charge on any atom is 0.417 e. The van der Waals surface area contributed by atoms with Crippen LogP contribution in [0.5, 0.6) is 0 Å². The molecule has 0 aromatic heterocycles. The van der Waals surface area contributed by atoms with E-state index in [0.29, 0.717) is 6.07 Å². The average Bonchev–Trinajstić information content (AvgIpc) is 2.85. The third-order valence-electron chi connectivity index (χ3n) is 3.53. The molecule has 0 spiro atoms. The van der Waals surface area contributed by atoms with E-state index in [1.165, 1.54) is 6.07 Å². The molecule has 2 rings (SSSR count). The quantitative estimate of drug-likeness (QED) is 0.699. The van der Waals surface area contributed by atoms with E-state index in [9.17, 15) is 31.2 Å². The van der Waals surface area contributed by atoms with Crippen LogP contribution in [0, 0.1) is 0 Å². The minimum atomic E-state index is -4.67. The number of urea groups is 1. The third-order valence-corrected chi connectivity index (χ3v) is 5.63. The number of nitrogens with one attached hydrogen (secondary N) is 3. The summed E-state index contributed by atoms with van der Waals surface area (Å²) >= 11 is 5.48. The van der Waals surface area contributed by atoms with Crippen molar-refractivity contribution in [1.82, 2.24) is 10.6 Å². The van der Waals surface area contributed by atoms with Crippen LogP contribution in [-0.2, 0) is 20.8 Å². The lowest BCUT2D eigenvalue weighted by atomic mass is 10.2. The van der Waals surface area contributed by atoms with Gasteiger partial charge in [0.1, 0.15) is 0 Å². The number of rotatable bonds is 4. The molecule has 1 aliphatic rings. The molecule has 3 N–H and O–H groups in total. The van der Waals surface area contributed by atoms with Crippen LogP contribution in [0.15, 0.2) is 18.2 Å². The van der Waals surface area contributed by atoms with Crippen LogP contribution >= 0.6 is 11.6 Å². The fourth-order valence-corrected chi connectivity index (χ4v) is 4.23. The van der Waals surface area contributed by atoms with E-state index in [0.717, 1.165) is 6.07 Å². The monoisotopic (exact) mass is 413 g/mol. The zero-order valence-electron chi connectivity index (χ0n) is 13.2. The normalized spacial score (nSPS) is 19.0. The van der Waals surface area contributed by atoms with E-state index in [2.05, 4.69) is 16.0 Å². The van der Waals surface area contributed by atoms with Crippen molar-refractivity contribution in [2.75, 3.05) is 23.4 Å². The molecular formula is C14H15ClF3N3O4S. The Morgan fingerprint density at radius 3 is 2.54 bits per heavy atom. The molecule has 0 bridgehead atoms. The number of hydrogen-bond acceptors (Lipinski definition) is 4. The first-order chi connectivity index (χ1) is 12.0. The van der Waals surface area contributed by atoms with Gasteiger partial charge in [0.25, 0.3) is 0 Å². The average molecular weight is 414 g/mol. The fraction of sp³-hybridized carbons (Fsp3) is 0.429. The lowest BCUT2D eigenvalue weighted by Crippen LogP contribution is -2.45. The van der Waals surface area contributed by atoms with Crippen LogP contribution in [0.3, 0.4) is 0 Å². The molecular weight excluding hydrogens is 399 g/mol. The molecule has 144 valence electrons. The standard InChI is InChI=1S/C14H15ClF3N3O4S/c15-11-2-1-8(5-10(11)14(16,17)18)20-12(22)6-19-13(23)21-9-3-4-26(24,25)7-9/h1-2,5,9H,3-4,6-7H2,(H,20,22)(H2,19,21,23). The zero-order valence-corrected chi connectivity index (χ0v) is 14.8. The summed E-state index contributed by atoms with van der Waals surface area (Å²) in [4.78, 5) is 23.4. The summed E-state index contributed by atoms with van der Waals surface area (Å²) < 4.78 is 60.9. The highest BCUT2D eigenvalue weighted by Gasteiger charge is 2.33. The second-order valence-corrected chi connectivity index (χ2v) is 8.30. The molecule has 1 aromatic carbocycles. The predicted octanol–water partition coefficient (Wildman–Crippen LogP) is 1.78. The van der Waals surface area contributed by atoms with E-state index in [-0.39, 0.29) is 23.6 Å². The molecule has 1 aromatic rings. The smallest absolute Gasteiger partial charge is 0.334 e. The molecule has 7 nitrogen and oxygen atoms in total. The highest BCUT2D eigenvalue weighted by Crippen LogP contribution is 2.36. The third kappa shape index (κ3) is 5.77. The van der Waals surface area contributed by atoms with E-state index in [1.54, 1.807) is 0 Å². The van der Waals surface area contributed by atoms with Gasteiger partial charge >= 0.3 is 12.2 Å². The number of alkyl halides is 3.